The van der Waals surface area contributed by atoms with Crippen molar-refractivity contribution in [3.05, 3.63) is 200 Å². The second kappa shape index (κ2) is 12.8. The van der Waals surface area contributed by atoms with Crippen molar-refractivity contribution in [3.63, 3.8) is 0 Å². The zero-order valence-electron chi connectivity index (χ0n) is 31.3. The minimum Gasteiger partial charge on any atom is -0.309 e. The van der Waals surface area contributed by atoms with Crippen LogP contribution in [0.1, 0.15) is 0 Å². The molecule has 0 amide bonds. The number of benzene rings is 9. The quantitative estimate of drug-likeness (QED) is 0.177. The molecular weight excluding hydrogens is 707 g/mol. The molecule has 3 aromatic heterocycles. The van der Waals surface area contributed by atoms with Crippen LogP contribution in [0.2, 0.25) is 0 Å². The highest BCUT2D eigenvalue weighted by Gasteiger charge is 2.20. The Balaban J connectivity index is 1.08. The van der Waals surface area contributed by atoms with E-state index in [0.717, 1.165) is 39.0 Å². The molecule has 58 heavy (non-hydrogen) atoms. The van der Waals surface area contributed by atoms with Gasteiger partial charge in [-0.1, -0.05) is 140 Å². The topological polar surface area (TPSA) is 48.5 Å². The van der Waals surface area contributed by atoms with Crippen molar-refractivity contribution < 1.29 is 0 Å². The molecule has 0 N–H and O–H groups in total. The predicted molar refractivity (Wildman–Crippen MR) is 240 cm³/mol. The molecule has 0 spiro atoms. The molecule has 0 saturated carbocycles. The summed E-state index contributed by atoms with van der Waals surface area (Å²) in [5.74, 6) is 1.92. The van der Waals surface area contributed by atoms with Crippen LogP contribution in [0.15, 0.2) is 200 Å². The summed E-state index contributed by atoms with van der Waals surface area (Å²) < 4.78 is 4.83. The highest BCUT2D eigenvalue weighted by Crippen LogP contribution is 2.42. The predicted octanol–water partition coefficient (Wildman–Crippen LogP) is 13.4. The van der Waals surface area contributed by atoms with E-state index in [9.17, 15) is 0 Å². The van der Waals surface area contributed by atoms with E-state index < -0.39 is 0 Å². The number of para-hydroxylation sites is 2. The maximum atomic E-state index is 5.10. The fourth-order valence-electron chi connectivity index (χ4n) is 8.80. The lowest BCUT2D eigenvalue weighted by Gasteiger charge is -2.12. The van der Waals surface area contributed by atoms with E-state index in [1.165, 1.54) is 54.3 Å². The van der Waals surface area contributed by atoms with Gasteiger partial charge in [0, 0.05) is 55.0 Å². The molecule has 3 heterocycles. The molecule has 0 aliphatic rings. The summed E-state index contributed by atoms with van der Waals surface area (Å²) in [6.45, 7) is 0. The second-order valence-corrected chi connectivity index (χ2v) is 14.9. The van der Waals surface area contributed by atoms with Crippen LogP contribution in [0.4, 0.5) is 0 Å². The highest BCUT2D eigenvalue weighted by atomic mass is 15.0. The van der Waals surface area contributed by atoms with Gasteiger partial charge in [0.2, 0.25) is 0 Å². The van der Waals surface area contributed by atoms with E-state index in [1.807, 2.05) is 30.3 Å². The molecule has 0 aliphatic heterocycles. The van der Waals surface area contributed by atoms with Crippen LogP contribution in [-0.2, 0) is 0 Å². The van der Waals surface area contributed by atoms with Gasteiger partial charge in [-0.25, -0.2) is 15.0 Å². The summed E-state index contributed by atoms with van der Waals surface area (Å²) in [7, 11) is 0. The molecule has 5 nitrogen and oxygen atoms in total. The lowest BCUT2D eigenvalue weighted by molar-refractivity contribution is 1.07. The van der Waals surface area contributed by atoms with Crippen LogP contribution < -0.4 is 0 Å². The Bertz CT molecular complexity index is 3550. The Hall–Kier alpha value is -7.89. The Morgan fingerprint density at radius 2 is 0.810 bits per heavy atom. The van der Waals surface area contributed by atoms with Crippen LogP contribution >= 0.6 is 0 Å². The van der Waals surface area contributed by atoms with Crippen LogP contribution in [0.3, 0.4) is 0 Å². The fraction of sp³-hybridized carbons (Fsp3) is 0. The van der Waals surface area contributed by atoms with Crippen LogP contribution in [0.5, 0.6) is 0 Å². The van der Waals surface area contributed by atoms with Crippen molar-refractivity contribution in [2.45, 2.75) is 0 Å². The molecule has 9 aromatic carbocycles. The summed E-state index contributed by atoms with van der Waals surface area (Å²) in [4.78, 5) is 15.2. The summed E-state index contributed by atoms with van der Waals surface area (Å²) in [6, 6.07) is 71.0. The monoisotopic (exact) mass is 739 g/mol. The summed E-state index contributed by atoms with van der Waals surface area (Å²) in [5.41, 5.74) is 9.72. The number of rotatable bonds is 5. The number of aromatic nitrogens is 5. The van der Waals surface area contributed by atoms with Gasteiger partial charge in [-0.15, -0.1) is 0 Å². The highest BCUT2D eigenvalue weighted by molar-refractivity contribution is 6.23. The zero-order chi connectivity index (χ0) is 38.2. The molecule has 0 unspecified atom stereocenters. The van der Waals surface area contributed by atoms with Gasteiger partial charge in [-0.2, -0.15) is 0 Å². The maximum Gasteiger partial charge on any atom is 0.164 e. The van der Waals surface area contributed by atoms with E-state index in [1.54, 1.807) is 0 Å². The van der Waals surface area contributed by atoms with Crippen LogP contribution in [0.25, 0.3) is 111 Å². The van der Waals surface area contributed by atoms with Gasteiger partial charge in [-0.05, 0) is 76.8 Å². The number of hydrogen-bond acceptors (Lipinski definition) is 3. The van der Waals surface area contributed by atoms with E-state index in [0.29, 0.717) is 17.5 Å². The van der Waals surface area contributed by atoms with Crippen LogP contribution in [-0.4, -0.2) is 24.1 Å². The fourth-order valence-corrected chi connectivity index (χ4v) is 8.80. The van der Waals surface area contributed by atoms with Gasteiger partial charge >= 0.3 is 0 Å². The molecule has 0 radical (unpaired) electrons. The number of hydrogen-bond donors (Lipinski definition) is 0. The minimum absolute atomic E-state index is 0.630. The van der Waals surface area contributed by atoms with Gasteiger partial charge in [0.15, 0.2) is 17.5 Å². The molecule has 0 bridgehead atoms. The third-order valence-corrected chi connectivity index (χ3v) is 11.5. The molecule has 270 valence electrons. The Kier molecular flexibility index (Phi) is 7.16. The first-order chi connectivity index (χ1) is 28.7. The number of fused-ring (bicyclic) bond motifs is 9. The van der Waals surface area contributed by atoms with Crippen molar-refractivity contribution >= 4 is 65.2 Å². The third kappa shape index (κ3) is 5.07. The standard InChI is InChI=1S/C53H33N5/c1-3-15-36(16-4-1)51-54-52(56-53(55-51)39-24-23-34-13-7-8-17-38(34)31-39)37-25-28-41(29-26-37)58-49-33-48-45(32-46(49)44-30-27-35-14-9-10-20-42(35)50(44)58)43-21-11-12-22-47(43)57(48)40-18-5-2-6-19-40/h1-33H. The van der Waals surface area contributed by atoms with Crippen molar-refractivity contribution in [2.24, 2.45) is 0 Å². The maximum absolute atomic E-state index is 5.10. The summed E-state index contributed by atoms with van der Waals surface area (Å²) >= 11 is 0. The van der Waals surface area contributed by atoms with E-state index >= 15 is 0 Å². The van der Waals surface area contributed by atoms with Crippen molar-refractivity contribution in [1.82, 2.24) is 24.1 Å². The average molecular weight is 740 g/mol. The smallest absolute Gasteiger partial charge is 0.164 e. The van der Waals surface area contributed by atoms with Gasteiger partial charge in [0.05, 0.1) is 22.1 Å². The van der Waals surface area contributed by atoms with Gasteiger partial charge in [-0.3, -0.25) is 0 Å². The Morgan fingerprint density at radius 3 is 1.59 bits per heavy atom. The van der Waals surface area contributed by atoms with Crippen molar-refractivity contribution in [3.8, 4) is 45.5 Å². The molecule has 0 aliphatic carbocycles. The first-order valence-electron chi connectivity index (χ1n) is 19.6. The molecular formula is C53H33N5. The van der Waals surface area contributed by atoms with Crippen molar-refractivity contribution in [2.75, 3.05) is 0 Å². The third-order valence-electron chi connectivity index (χ3n) is 11.5. The van der Waals surface area contributed by atoms with Crippen LogP contribution in [0, 0.1) is 0 Å². The Morgan fingerprint density at radius 1 is 0.276 bits per heavy atom. The first-order valence-corrected chi connectivity index (χ1v) is 19.6. The van der Waals surface area contributed by atoms with Gasteiger partial charge in [0.25, 0.3) is 0 Å². The second-order valence-electron chi connectivity index (χ2n) is 14.9. The number of nitrogens with zero attached hydrogens (tertiary/aromatic N) is 5. The molecule has 5 heteroatoms. The molecule has 0 saturated heterocycles. The minimum atomic E-state index is 0.630. The summed E-state index contributed by atoms with van der Waals surface area (Å²) in [5, 5.41) is 9.67. The molecule has 12 aromatic rings. The zero-order valence-corrected chi connectivity index (χ0v) is 31.3. The Labute approximate surface area is 333 Å². The van der Waals surface area contributed by atoms with E-state index in [-0.39, 0.29) is 0 Å². The van der Waals surface area contributed by atoms with E-state index in [4.69, 9.17) is 15.0 Å². The molecule has 0 atom stereocenters. The normalized spacial score (nSPS) is 11.8. The lowest BCUT2D eigenvalue weighted by Crippen LogP contribution is -2.01. The SMILES string of the molecule is c1ccc(-c2nc(-c3ccc(-n4c5cc6c(cc5c5ccc7ccccc7c54)c4ccccc4n6-c4ccccc4)cc3)nc(-c3ccc4ccccc4c3)n2)cc1. The lowest BCUT2D eigenvalue weighted by atomic mass is 10.0. The van der Waals surface area contributed by atoms with Gasteiger partial charge < -0.3 is 9.13 Å². The average Bonchev–Trinajstić information content (AvgIpc) is 3.80. The molecule has 0 fully saturated rings. The van der Waals surface area contributed by atoms with Crippen molar-refractivity contribution in [1.29, 1.82) is 0 Å². The molecule has 12 rings (SSSR count). The van der Waals surface area contributed by atoms with Gasteiger partial charge in [0.1, 0.15) is 0 Å². The van der Waals surface area contributed by atoms with E-state index in [2.05, 4.69) is 179 Å². The summed E-state index contributed by atoms with van der Waals surface area (Å²) in [6.07, 6.45) is 0. The first kappa shape index (κ1) is 32.4. The largest absolute Gasteiger partial charge is 0.309 e.